The summed E-state index contributed by atoms with van der Waals surface area (Å²) in [5.74, 6) is 1.22. The molecule has 30 heavy (non-hydrogen) atoms. The highest BCUT2D eigenvalue weighted by Gasteiger charge is 2.42. The van der Waals surface area contributed by atoms with Crippen molar-refractivity contribution in [3.8, 4) is 11.5 Å². The third-order valence-electron chi connectivity index (χ3n) is 5.60. The van der Waals surface area contributed by atoms with E-state index in [9.17, 15) is 9.59 Å². The Morgan fingerprint density at radius 3 is 2.40 bits per heavy atom. The molecule has 1 fully saturated rings. The topological polar surface area (TPSA) is 88.7 Å². The van der Waals surface area contributed by atoms with Gasteiger partial charge in [-0.1, -0.05) is 55.3 Å². The number of urea groups is 1. The minimum Gasteiger partial charge on any atom is -0.486 e. The van der Waals surface area contributed by atoms with E-state index in [4.69, 9.17) is 9.47 Å². The molecule has 4 rings (SSSR count). The average molecular weight is 409 g/mol. The van der Waals surface area contributed by atoms with Gasteiger partial charge in [-0.3, -0.25) is 4.79 Å². The lowest BCUT2D eigenvalue weighted by molar-refractivity contribution is -0.127. The fourth-order valence-electron chi connectivity index (χ4n) is 3.97. The van der Waals surface area contributed by atoms with Gasteiger partial charge in [0.2, 0.25) is 5.91 Å². The van der Waals surface area contributed by atoms with Crippen molar-refractivity contribution in [3.05, 3.63) is 60.2 Å². The zero-order chi connectivity index (χ0) is 20.8. The van der Waals surface area contributed by atoms with Crippen LogP contribution in [0.25, 0.3) is 0 Å². The number of rotatable bonds is 6. The van der Waals surface area contributed by atoms with Gasteiger partial charge in [0.25, 0.3) is 0 Å². The molecular weight excluding hydrogens is 382 g/mol. The lowest BCUT2D eigenvalue weighted by atomic mass is 9.96. The molecule has 7 heteroatoms. The van der Waals surface area contributed by atoms with Crippen LogP contribution in [-0.2, 0) is 11.3 Å². The number of fused-ring (bicyclic) bond motifs is 1. The summed E-state index contributed by atoms with van der Waals surface area (Å²) in [5.41, 5.74) is 0.126. The first-order valence-corrected chi connectivity index (χ1v) is 10.4. The standard InChI is InChI=1S/C23H27N3O4/c27-21(24-15-18-16-29-19-10-4-5-11-20(19)30-18)23(12-6-7-13-23)26-22(28)25-14-17-8-2-1-3-9-17/h1-5,8-11,18H,6-7,12-16H2,(H,24,27)(H2,25,26,28). The molecule has 2 aromatic carbocycles. The number of ether oxygens (including phenoxy) is 2. The first-order valence-electron chi connectivity index (χ1n) is 10.4. The Morgan fingerprint density at radius 2 is 1.63 bits per heavy atom. The Hall–Kier alpha value is -3.22. The normalized spacial score (nSPS) is 19.0. The number of nitrogens with one attached hydrogen (secondary N) is 3. The summed E-state index contributed by atoms with van der Waals surface area (Å²) in [5, 5.41) is 8.74. The van der Waals surface area contributed by atoms with Crippen LogP contribution in [-0.4, -0.2) is 36.7 Å². The Balaban J connectivity index is 1.30. The molecule has 7 nitrogen and oxygen atoms in total. The molecule has 1 aliphatic heterocycles. The van der Waals surface area contributed by atoms with E-state index in [2.05, 4.69) is 16.0 Å². The van der Waals surface area contributed by atoms with Crippen molar-refractivity contribution in [1.82, 2.24) is 16.0 Å². The maximum Gasteiger partial charge on any atom is 0.315 e. The lowest BCUT2D eigenvalue weighted by Gasteiger charge is -2.31. The molecule has 3 N–H and O–H groups in total. The second-order valence-corrected chi connectivity index (χ2v) is 7.79. The van der Waals surface area contributed by atoms with E-state index in [0.717, 1.165) is 18.4 Å². The molecule has 3 amide bonds. The van der Waals surface area contributed by atoms with Gasteiger partial charge >= 0.3 is 6.03 Å². The third kappa shape index (κ3) is 4.67. The van der Waals surface area contributed by atoms with Crippen LogP contribution in [0.15, 0.2) is 54.6 Å². The van der Waals surface area contributed by atoms with Crippen LogP contribution in [0.1, 0.15) is 31.2 Å². The van der Waals surface area contributed by atoms with Gasteiger partial charge in [-0.15, -0.1) is 0 Å². The molecule has 0 bridgehead atoms. The highest BCUT2D eigenvalue weighted by Crippen LogP contribution is 2.32. The molecule has 1 aliphatic carbocycles. The molecule has 1 heterocycles. The number of carbonyl (C=O) groups is 2. The first-order chi connectivity index (χ1) is 14.6. The summed E-state index contributed by atoms with van der Waals surface area (Å²) in [7, 11) is 0. The van der Waals surface area contributed by atoms with Gasteiger partial charge in [0, 0.05) is 6.54 Å². The van der Waals surface area contributed by atoms with Gasteiger partial charge in [0.15, 0.2) is 11.5 Å². The van der Waals surface area contributed by atoms with E-state index >= 15 is 0 Å². The van der Waals surface area contributed by atoms with Crippen LogP contribution in [0.5, 0.6) is 11.5 Å². The summed E-state index contributed by atoms with van der Waals surface area (Å²) in [4.78, 5) is 25.5. The van der Waals surface area contributed by atoms with Crippen molar-refractivity contribution in [2.75, 3.05) is 13.2 Å². The summed E-state index contributed by atoms with van der Waals surface area (Å²) in [6.07, 6.45) is 2.80. The molecular formula is C23H27N3O4. The van der Waals surface area contributed by atoms with Crippen molar-refractivity contribution in [2.45, 2.75) is 43.9 Å². The van der Waals surface area contributed by atoms with Gasteiger partial charge in [-0.05, 0) is 30.5 Å². The summed E-state index contributed by atoms with van der Waals surface area (Å²) in [6, 6.07) is 16.8. The Kier molecular flexibility index (Phi) is 6.07. The van der Waals surface area contributed by atoms with Gasteiger partial charge in [-0.25, -0.2) is 4.79 Å². The number of carbonyl (C=O) groups excluding carboxylic acids is 2. The molecule has 1 atom stereocenters. The number of amides is 3. The summed E-state index contributed by atoms with van der Waals surface area (Å²) in [6.45, 7) is 1.11. The van der Waals surface area contributed by atoms with Gasteiger partial charge in [0.05, 0.1) is 6.54 Å². The molecule has 0 radical (unpaired) electrons. The quantitative estimate of drug-likeness (QED) is 0.685. The van der Waals surface area contributed by atoms with Crippen LogP contribution in [0.4, 0.5) is 4.79 Å². The second-order valence-electron chi connectivity index (χ2n) is 7.79. The van der Waals surface area contributed by atoms with Crippen LogP contribution in [0, 0.1) is 0 Å². The summed E-state index contributed by atoms with van der Waals surface area (Å²) < 4.78 is 11.6. The predicted octanol–water partition coefficient (Wildman–Crippen LogP) is 2.75. The van der Waals surface area contributed by atoms with Crippen molar-refractivity contribution in [3.63, 3.8) is 0 Å². The zero-order valence-corrected chi connectivity index (χ0v) is 16.9. The zero-order valence-electron chi connectivity index (χ0n) is 16.9. The maximum absolute atomic E-state index is 13.0. The monoisotopic (exact) mass is 409 g/mol. The molecule has 2 aliphatic rings. The molecule has 0 aromatic heterocycles. The van der Waals surface area contributed by atoms with E-state index in [0.29, 0.717) is 44.0 Å². The Morgan fingerprint density at radius 1 is 0.933 bits per heavy atom. The van der Waals surface area contributed by atoms with Crippen molar-refractivity contribution >= 4 is 11.9 Å². The van der Waals surface area contributed by atoms with Gasteiger partial charge in [-0.2, -0.15) is 0 Å². The molecule has 0 saturated heterocycles. The van der Waals surface area contributed by atoms with Crippen molar-refractivity contribution < 1.29 is 19.1 Å². The van der Waals surface area contributed by atoms with E-state index in [-0.39, 0.29) is 18.0 Å². The Labute approximate surface area is 176 Å². The maximum atomic E-state index is 13.0. The molecule has 158 valence electrons. The highest BCUT2D eigenvalue weighted by atomic mass is 16.6. The van der Waals surface area contributed by atoms with E-state index in [1.807, 2.05) is 54.6 Å². The lowest BCUT2D eigenvalue weighted by Crippen LogP contribution is -2.60. The first kappa shape index (κ1) is 20.1. The molecule has 0 spiro atoms. The minimum absolute atomic E-state index is 0.169. The molecule has 1 saturated carbocycles. The number of hydrogen-bond donors (Lipinski definition) is 3. The highest BCUT2D eigenvalue weighted by molar-refractivity contribution is 5.91. The summed E-state index contributed by atoms with van der Waals surface area (Å²) >= 11 is 0. The van der Waals surface area contributed by atoms with Crippen LogP contribution in [0.3, 0.4) is 0 Å². The van der Waals surface area contributed by atoms with Gasteiger partial charge < -0.3 is 25.4 Å². The van der Waals surface area contributed by atoms with Crippen LogP contribution < -0.4 is 25.4 Å². The van der Waals surface area contributed by atoms with Crippen LogP contribution >= 0.6 is 0 Å². The van der Waals surface area contributed by atoms with E-state index in [1.165, 1.54) is 0 Å². The van der Waals surface area contributed by atoms with E-state index in [1.54, 1.807) is 0 Å². The molecule has 2 aromatic rings. The number of benzene rings is 2. The van der Waals surface area contributed by atoms with Crippen molar-refractivity contribution in [1.29, 1.82) is 0 Å². The molecule has 1 unspecified atom stereocenters. The van der Waals surface area contributed by atoms with Crippen molar-refractivity contribution in [2.24, 2.45) is 0 Å². The number of hydrogen-bond acceptors (Lipinski definition) is 4. The fourth-order valence-corrected chi connectivity index (χ4v) is 3.97. The SMILES string of the molecule is O=C(NCc1ccccc1)NC1(C(=O)NCC2COc3ccccc3O2)CCCC1. The van der Waals surface area contributed by atoms with E-state index < -0.39 is 5.54 Å². The predicted molar refractivity (Wildman–Crippen MR) is 112 cm³/mol. The number of para-hydroxylation sites is 2. The smallest absolute Gasteiger partial charge is 0.315 e. The average Bonchev–Trinajstić information content (AvgIpc) is 3.26. The Bertz CT molecular complexity index is 881. The van der Waals surface area contributed by atoms with Crippen LogP contribution in [0.2, 0.25) is 0 Å². The van der Waals surface area contributed by atoms with Gasteiger partial charge in [0.1, 0.15) is 18.2 Å². The third-order valence-corrected chi connectivity index (χ3v) is 5.60. The minimum atomic E-state index is -0.881. The fraction of sp³-hybridized carbons (Fsp3) is 0.391. The largest absolute Gasteiger partial charge is 0.486 e. The second kappa shape index (κ2) is 9.07.